The number of aromatic nitrogens is 3. The van der Waals surface area contributed by atoms with Crippen molar-refractivity contribution < 1.29 is 4.39 Å². The van der Waals surface area contributed by atoms with Gasteiger partial charge in [-0.3, -0.25) is 0 Å². The van der Waals surface area contributed by atoms with Crippen molar-refractivity contribution >= 4 is 29.3 Å². The Balaban J connectivity index is 2.26. The standard InChI is InChI=1S/C9H6ClFN4S/c10-5-1-2-7(13-3-5)16-8-6(11)4-14-9(12)15-8/h1-4H,(H2,12,14,15). The monoisotopic (exact) mass is 256 g/mol. The van der Waals surface area contributed by atoms with Crippen molar-refractivity contribution in [2.75, 3.05) is 5.73 Å². The second-order valence-electron chi connectivity index (χ2n) is 2.80. The summed E-state index contributed by atoms with van der Waals surface area (Å²) in [6, 6.07) is 3.34. The molecule has 2 aromatic heterocycles. The number of nitrogen functional groups attached to an aromatic ring is 1. The number of halogens is 2. The van der Waals surface area contributed by atoms with E-state index in [0.29, 0.717) is 10.0 Å². The molecule has 0 radical (unpaired) electrons. The molecule has 2 rings (SSSR count). The highest BCUT2D eigenvalue weighted by molar-refractivity contribution is 7.99. The quantitative estimate of drug-likeness (QED) is 0.836. The molecule has 82 valence electrons. The Labute approximate surface area is 100 Å². The minimum atomic E-state index is -0.532. The van der Waals surface area contributed by atoms with Crippen molar-refractivity contribution in [1.29, 1.82) is 0 Å². The van der Waals surface area contributed by atoms with Gasteiger partial charge in [-0.25, -0.2) is 19.3 Å². The molecule has 0 spiro atoms. The average molecular weight is 257 g/mol. The molecule has 0 unspecified atom stereocenters. The number of anilines is 1. The van der Waals surface area contributed by atoms with E-state index in [4.69, 9.17) is 17.3 Å². The van der Waals surface area contributed by atoms with Crippen molar-refractivity contribution in [2.45, 2.75) is 10.1 Å². The number of nitrogens with zero attached hydrogens (tertiary/aromatic N) is 3. The minimum Gasteiger partial charge on any atom is -0.368 e. The van der Waals surface area contributed by atoms with E-state index < -0.39 is 5.82 Å². The normalized spacial score (nSPS) is 10.4. The van der Waals surface area contributed by atoms with Crippen molar-refractivity contribution in [3.63, 3.8) is 0 Å². The van der Waals surface area contributed by atoms with Crippen LogP contribution in [0.1, 0.15) is 0 Å². The fraction of sp³-hybridized carbons (Fsp3) is 0. The van der Waals surface area contributed by atoms with Crippen LogP contribution in [0.2, 0.25) is 5.02 Å². The lowest BCUT2D eigenvalue weighted by Crippen LogP contribution is -1.97. The van der Waals surface area contributed by atoms with Crippen LogP contribution in [0.3, 0.4) is 0 Å². The molecule has 0 saturated heterocycles. The smallest absolute Gasteiger partial charge is 0.221 e. The fourth-order valence-electron chi connectivity index (χ4n) is 0.958. The van der Waals surface area contributed by atoms with E-state index in [-0.39, 0.29) is 11.0 Å². The van der Waals surface area contributed by atoms with E-state index in [1.54, 1.807) is 12.1 Å². The summed E-state index contributed by atoms with van der Waals surface area (Å²) in [7, 11) is 0. The largest absolute Gasteiger partial charge is 0.368 e. The van der Waals surface area contributed by atoms with Crippen molar-refractivity contribution in [2.24, 2.45) is 0 Å². The van der Waals surface area contributed by atoms with Crippen LogP contribution in [0.15, 0.2) is 34.6 Å². The third-order valence-electron chi connectivity index (χ3n) is 1.63. The zero-order chi connectivity index (χ0) is 11.5. The van der Waals surface area contributed by atoms with E-state index in [1.165, 1.54) is 6.20 Å². The lowest BCUT2D eigenvalue weighted by molar-refractivity contribution is 0.580. The first kappa shape index (κ1) is 11.1. The van der Waals surface area contributed by atoms with Gasteiger partial charge in [0.05, 0.1) is 11.2 Å². The molecule has 2 aromatic rings. The van der Waals surface area contributed by atoms with Gasteiger partial charge in [-0.2, -0.15) is 0 Å². The third kappa shape index (κ3) is 2.59. The second-order valence-corrected chi connectivity index (χ2v) is 4.24. The molecule has 0 aromatic carbocycles. The SMILES string of the molecule is Nc1ncc(F)c(Sc2ccc(Cl)cn2)n1. The average Bonchev–Trinajstić information content (AvgIpc) is 2.27. The minimum absolute atomic E-state index is 0.0258. The van der Waals surface area contributed by atoms with Gasteiger partial charge in [0.1, 0.15) is 10.1 Å². The molecule has 0 amide bonds. The van der Waals surface area contributed by atoms with Gasteiger partial charge in [0.25, 0.3) is 0 Å². The van der Waals surface area contributed by atoms with Crippen molar-refractivity contribution in [3.05, 3.63) is 35.4 Å². The zero-order valence-corrected chi connectivity index (χ0v) is 9.46. The first-order valence-electron chi connectivity index (χ1n) is 4.22. The number of hydrogen-bond donors (Lipinski definition) is 1. The molecule has 0 bridgehead atoms. The van der Waals surface area contributed by atoms with E-state index in [1.807, 2.05) is 0 Å². The fourth-order valence-corrected chi connectivity index (χ4v) is 1.80. The summed E-state index contributed by atoms with van der Waals surface area (Å²) in [5.41, 5.74) is 5.36. The molecule has 2 N–H and O–H groups in total. The molecular weight excluding hydrogens is 251 g/mol. The van der Waals surface area contributed by atoms with Gasteiger partial charge in [-0.1, -0.05) is 11.6 Å². The summed E-state index contributed by atoms with van der Waals surface area (Å²) >= 11 is 6.74. The van der Waals surface area contributed by atoms with Crippen LogP contribution in [0, 0.1) is 5.82 Å². The third-order valence-corrected chi connectivity index (χ3v) is 2.79. The van der Waals surface area contributed by atoms with Gasteiger partial charge in [0, 0.05) is 6.20 Å². The van der Waals surface area contributed by atoms with E-state index in [0.717, 1.165) is 18.0 Å². The Bertz CT molecular complexity index is 505. The number of hydrogen-bond acceptors (Lipinski definition) is 5. The van der Waals surface area contributed by atoms with Gasteiger partial charge in [-0.05, 0) is 23.9 Å². The maximum absolute atomic E-state index is 13.3. The summed E-state index contributed by atoms with van der Waals surface area (Å²) < 4.78 is 13.3. The van der Waals surface area contributed by atoms with Gasteiger partial charge < -0.3 is 5.73 Å². The first-order valence-corrected chi connectivity index (χ1v) is 5.42. The van der Waals surface area contributed by atoms with Crippen LogP contribution >= 0.6 is 23.4 Å². The summed E-state index contributed by atoms with van der Waals surface area (Å²) in [6.45, 7) is 0. The van der Waals surface area contributed by atoms with Crippen LogP contribution in [0.4, 0.5) is 10.3 Å². The Morgan fingerprint density at radius 3 is 2.75 bits per heavy atom. The van der Waals surface area contributed by atoms with Crippen LogP contribution in [-0.2, 0) is 0 Å². The predicted octanol–water partition coefficient (Wildman–Crippen LogP) is 2.40. The molecule has 0 aliphatic heterocycles. The zero-order valence-electron chi connectivity index (χ0n) is 7.89. The summed E-state index contributed by atoms with van der Waals surface area (Å²) in [5, 5.41) is 1.25. The van der Waals surface area contributed by atoms with Crippen LogP contribution in [0.5, 0.6) is 0 Å². The summed E-state index contributed by atoms with van der Waals surface area (Å²) in [5.74, 6) is -0.506. The molecule has 2 heterocycles. The molecule has 0 fully saturated rings. The summed E-state index contributed by atoms with van der Waals surface area (Å²) in [4.78, 5) is 11.3. The number of pyridine rings is 1. The lowest BCUT2D eigenvalue weighted by atomic mass is 10.5. The molecule has 0 atom stereocenters. The number of rotatable bonds is 2. The Morgan fingerprint density at radius 1 is 1.25 bits per heavy atom. The van der Waals surface area contributed by atoms with Gasteiger partial charge >= 0.3 is 0 Å². The maximum atomic E-state index is 13.3. The lowest BCUT2D eigenvalue weighted by Gasteiger charge is -2.01. The van der Waals surface area contributed by atoms with E-state index in [2.05, 4.69) is 15.0 Å². The van der Waals surface area contributed by atoms with Gasteiger partial charge in [0.2, 0.25) is 5.95 Å². The summed E-state index contributed by atoms with van der Waals surface area (Å²) in [6.07, 6.45) is 2.51. The van der Waals surface area contributed by atoms with Gasteiger partial charge in [-0.15, -0.1) is 0 Å². The Kier molecular flexibility index (Phi) is 3.21. The highest BCUT2D eigenvalue weighted by Gasteiger charge is 2.08. The number of nitrogens with two attached hydrogens (primary N) is 1. The molecule has 7 heteroatoms. The highest BCUT2D eigenvalue weighted by atomic mass is 35.5. The van der Waals surface area contributed by atoms with Crippen LogP contribution < -0.4 is 5.73 Å². The molecule has 16 heavy (non-hydrogen) atoms. The Hall–Kier alpha value is -1.40. The molecular formula is C9H6ClFN4S. The molecule has 4 nitrogen and oxygen atoms in total. The molecule has 0 saturated carbocycles. The topological polar surface area (TPSA) is 64.7 Å². The van der Waals surface area contributed by atoms with E-state index in [9.17, 15) is 4.39 Å². The first-order chi connectivity index (χ1) is 7.65. The molecule has 0 aliphatic carbocycles. The van der Waals surface area contributed by atoms with Crippen LogP contribution in [0.25, 0.3) is 0 Å². The van der Waals surface area contributed by atoms with Gasteiger partial charge in [0.15, 0.2) is 5.82 Å². The predicted molar refractivity (Wildman–Crippen MR) is 59.8 cm³/mol. The second kappa shape index (κ2) is 4.63. The maximum Gasteiger partial charge on any atom is 0.221 e. The molecule has 0 aliphatic rings. The van der Waals surface area contributed by atoms with Crippen molar-refractivity contribution in [1.82, 2.24) is 15.0 Å². The Morgan fingerprint density at radius 2 is 2.06 bits per heavy atom. The van der Waals surface area contributed by atoms with Crippen molar-refractivity contribution in [3.8, 4) is 0 Å². The van der Waals surface area contributed by atoms with Crippen LogP contribution in [-0.4, -0.2) is 15.0 Å². The van der Waals surface area contributed by atoms with E-state index >= 15 is 0 Å². The highest BCUT2D eigenvalue weighted by Crippen LogP contribution is 2.26.